The zero-order valence-electron chi connectivity index (χ0n) is 10.8. The summed E-state index contributed by atoms with van der Waals surface area (Å²) in [7, 11) is 0. The topological polar surface area (TPSA) is 78.7 Å². The summed E-state index contributed by atoms with van der Waals surface area (Å²) in [6, 6.07) is 10.9. The lowest BCUT2D eigenvalue weighted by Gasteiger charge is -2.05. The van der Waals surface area contributed by atoms with E-state index in [-0.39, 0.29) is 12.3 Å². The van der Waals surface area contributed by atoms with Crippen molar-refractivity contribution < 1.29 is 4.79 Å². The summed E-state index contributed by atoms with van der Waals surface area (Å²) in [4.78, 5) is 19.8. The second kappa shape index (κ2) is 6.68. The van der Waals surface area contributed by atoms with Gasteiger partial charge in [0.2, 0.25) is 5.91 Å². The maximum Gasteiger partial charge on any atom is 0.238 e. The van der Waals surface area contributed by atoms with E-state index in [0.717, 1.165) is 11.3 Å². The first-order valence-corrected chi connectivity index (χ1v) is 7.09. The Hall–Kier alpha value is -2.39. The van der Waals surface area contributed by atoms with Gasteiger partial charge in [-0.05, 0) is 24.5 Å². The Balaban J connectivity index is 2.15. The molecule has 1 N–H and O–H groups in total. The number of carbonyl (C=O) groups is 1. The third kappa shape index (κ3) is 3.56. The monoisotopic (exact) mass is 284 g/mol. The van der Waals surface area contributed by atoms with E-state index in [4.69, 9.17) is 5.26 Å². The van der Waals surface area contributed by atoms with E-state index in [1.807, 2.05) is 24.5 Å². The van der Waals surface area contributed by atoms with Crippen molar-refractivity contribution in [1.29, 1.82) is 5.26 Å². The molecule has 1 aromatic heterocycles. The van der Waals surface area contributed by atoms with Crippen LogP contribution in [0, 0.1) is 11.3 Å². The quantitative estimate of drug-likeness (QED) is 0.690. The molecule has 0 unspecified atom stereocenters. The number of carbonyl (C=O) groups excluding carboxylic acids is 1. The average molecular weight is 284 g/mol. The number of nitrogens with one attached hydrogen (secondary N) is 1. The number of amides is 1. The van der Waals surface area contributed by atoms with Gasteiger partial charge in [0.1, 0.15) is 6.42 Å². The largest absolute Gasteiger partial charge is 0.325 e. The van der Waals surface area contributed by atoms with Crippen LogP contribution in [-0.4, -0.2) is 22.1 Å². The van der Waals surface area contributed by atoms with Crippen molar-refractivity contribution in [1.82, 2.24) is 9.97 Å². The predicted molar refractivity (Wildman–Crippen MR) is 78.1 cm³/mol. The van der Waals surface area contributed by atoms with Crippen LogP contribution in [0.3, 0.4) is 0 Å². The summed E-state index contributed by atoms with van der Waals surface area (Å²) in [6.45, 7) is 0. The van der Waals surface area contributed by atoms with Crippen molar-refractivity contribution in [3.63, 3.8) is 0 Å². The molecule has 0 atom stereocenters. The van der Waals surface area contributed by atoms with Crippen molar-refractivity contribution in [3.8, 4) is 17.3 Å². The van der Waals surface area contributed by atoms with E-state index in [1.54, 1.807) is 24.4 Å². The highest BCUT2D eigenvalue weighted by Gasteiger charge is 2.04. The van der Waals surface area contributed by atoms with Gasteiger partial charge in [-0.3, -0.25) is 4.79 Å². The van der Waals surface area contributed by atoms with Crippen LogP contribution in [-0.2, 0) is 4.79 Å². The van der Waals surface area contributed by atoms with Gasteiger partial charge in [0.05, 0.1) is 11.8 Å². The Morgan fingerprint density at radius 3 is 2.75 bits per heavy atom. The van der Waals surface area contributed by atoms with Crippen LogP contribution in [0.5, 0.6) is 0 Å². The normalized spacial score (nSPS) is 9.80. The molecule has 0 saturated heterocycles. The first kappa shape index (κ1) is 14.0. The smallest absolute Gasteiger partial charge is 0.238 e. The average Bonchev–Trinajstić information content (AvgIpc) is 2.48. The minimum atomic E-state index is -0.313. The summed E-state index contributed by atoms with van der Waals surface area (Å²) in [5.74, 6) is -0.313. The summed E-state index contributed by atoms with van der Waals surface area (Å²) in [5, 5.41) is 11.8. The highest BCUT2D eigenvalue weighted by molar-refractivity contribution is 7.98. The van der Waals surface area contributed by atoms with Gasteiger partial charge >= 0.3 is 0 Å². The van der Waals surface area contributed by atoms with Crippen molar-refractivity contribution in [3.05, 3.63) is 36.5 Å². The SMILES string of the molecule is CSc1nccc(-c2ccc(NC(=O)CC#N)cc2)n1. The van der Waals surface area contributed by atoms with Crippen LogP contribution in [0.15, 0.2) is 41.7 Å². The number of nitriles is 1. The number of nitrogens with zero attached hydrogens (tertiary/aromatic N) is 3. The van der Waals surface area contributed by atoms with E-state index in [2.05, 4.69) is 15.3 Å². The van der Waals surface area contributed by atoms with Crippen LogP contribution in [0.2, 0.25) is 0 Å². The van der Waals surface area contributed by atoms with Crippen LogP contribution < -0.4 is 5.32 Å². The summed E-state index contributed by atoms with van der Waals surface area (Å²) >= 11 is 1.48. The molecular formula is C14H12N4OS. The van der Waals surface area contributed by atoms with Gasteiger partial charge < -0.3 is 5.32 Å². The molecule has 0 aliphatic carbocycles. The van der Waals surface area contributed by atoms with E-state index < -0.39 is 0 Å². The number of hydrogen-bond acceptors (Lipinski definition) is 5. The second-order valence-electron chi connectivity index (χ2n) is 3.89. The van der Waals surface area contributed by atoms with Crippen LogP contribution in [0.4, 0.5) is 5.69 Å². The molecule has 2 rings (SSSR count). The number of benzene rings is 1. The molecule has 1 heterocycles. The number of hydrogen-bond donors (Lipinski definition) is 1. The lowest BCUT2D eigenvalue weighted by molar-refractivity contribution is -0.115. The Labute approximate surface area is 121 Å². The molecule has 0 bridgehead atoms. The van der Waals surface area contributed by atoms with Gasteiger partial charge in [-0.25, -0.2) is 9.97 Å². The van der Waals surface area contributed by atoms with Gasteiger partial charge in [0.25, 0.3) is 0 Å². The van der Waals surface area contributed by atoms with Gasteiger partial charge in [-0.15, -0.1) is 0 Å². The highest BCUT2D eigenvalue weighted by atomic mass is 32.2. The van der Waals surface area contributed by atoms with Crippen molar-refractivity contribution in [2.24, 2.45) is 0 Å². The molecule has 6 heteroatoms. The molecule has 0 radical (unpaired) electrons. The standard InChI is InChI=1S/C14H12N4OS/c1-20-14-16-9-7-12(18-14)10-2-4-11(5-3-10)17-13(19)6-8-15/h2-5,7,9H,6H2,1H3,(H,17,19). The minimum absolute atomic E-state index is 0.148. The number of anilines is 1. The first-order valence-electron chi connectivity index (χ1n) is 5.87. The molecule has 5 nitrogen and oxygen atoms in total. The third-order valence-electron chi connectivity index (χ3n) is 2.52. The van der Waals surface area contributed by atoms with Crippen LogP contribution in [0.1, 0.15) is 6.42 Å². The fourth-order valence-corrected chi connectivity index (χ4v) is 1.96. The number of aromatic nitrogens is 2. The molecule has 1 amide bonds. The third-order valence-corrected chi connectivity index (χ3v) is 3.08. The van der Waals surface area contributed by atoms with Crippen molar-refractivity contribution >= 4 is 23.4 Å². The summed E-state index contributed by atoms with van der Waals surface area (Å²) in [5.41, 5.74) is 2.44. The fourth-order valence-electron chi connectivity index (χ4n) is 1.60. The molecule has 20 heavy (non-hydrogen) atoms. The van der Waals surface area contributed by atoms with Gasteiger partial charge in [0, 0.05) is 17.4 Å². The maximum atomic E-state index is 11.3. The summed E-state index contributed by atoms with van der Waals surface area (Å²) in [6.07, 6.45) is 3.49. The highest BCUT2D eigenvalue weighted by Crippen LogP contribution is 2.21. The lowest BCUT2D eigenvalue weighted by atomic mass is 10.1. The molecule has 2 aromatic rings. The van der Waals surface area contributed by atoms with Gasteiger partial charge in [-0.1, -0.05) is 23.9 Å². The summed E-state index contributed by atoms with van der Waals surface area (Å²) < 4.78 is 0. The molecule has 0 saturated carbocycles. The Morgan fingerprint density at radius 2 is 2.10 bits per heavy atom. The minimum Gasteiger partial charge on any atom is -0.325 e. The van der Waals surface area contributed by atoms with Gasteiger partial charge in [0.15, 0.2) is 5.16 Å². The molecular weight excluding hydrogens is 272 g/mol. The van der Waals surface area contributed by atoms with Crippen molar-refractivity contribution in [2.75, 3.05) is 11.6 Å². The lowest BCUT2D eigenvalue weighted by Crippen LogP contribution is -2.09. The molecule has 0 spiro atoms. The van der Waals surface area contributed by atoms with E-state index >= 15 is 0 Å². The molecule has 0 fully saturated rings. The Bertz CT molecular complexity index is 649. The molecule has 0 aliphatic heterocycles. The number of thioether (sulfide) groups is 1. The first-order chi connectivity index (χ1) is 9.72. The molecule has 0 aliphatic rings. The van der Waals surface area contributed by atoms with Crippen molar-refractivity contribution in [2.45, 2.75) is 11.6 Å². The van der Waals surface area contributed by atoms with Crippen LogP contribution >= 0.6 is 11.8 Å². The molecule has 100 valence electrons. The van der Waals surface area contributed by atoms with E-state index in [0.29, 0.717) is 10.8 Å². The zero-order valence-corrected chi connectivity index (χ0v) is 11.6. The van der Waals surface area contributed by atoms with E-state index in [1.165, 1.54) is 11.8 Å². The second-order valence-corrected chi connectivity index (χ2v) is 4.66. The van der Waals surface area contributed by atoms with Crippen LogP contribution in [0.25, 0.3) is 11.3 Å². The molecule has 1 aromatic carbocycles. The zero-order chi connectivity index (χ0) is 14.4. The number of rotatable bonds is 4. The maximum absolute atomic E-state index is 11.3. The Kier molecular flexibility index (Phi) is 4.69. The Morgan fingerprint density at radius 1 is 1.35 bits per heavy atom. The van der Waals surface area contributed by atoms with Gasteiger partial charge in [-0.2, -0.15) is 5.26 Å². The fraction of sp³-hybridized carbons (Fsp3) is 0.143. The predicted octanol–water partition coefficient (Wildman–Crippen LogP) is 2.72. The van der Waals surface area contributed by atoms with E-state index in [9.17, 15) is 4.79 Å².